The normalized spacial score (nSPS) is 17.6. The summed E-state index contributed by atoms with van der Waals surface area (Å²) in [5.74, 6) is 1.56. The third-order valence-corrected chi connectivity index (χ3v) is 5.35. The van der Waals surface area contributed by atoms with Gasteiger partial charge in [-0.2, -0.15) is 4.98 Å². The van der Waals surface area contributed by atoms with Crippen LogP contribution in [0.3, 0.4) is 0 Å². The van der Waals surface area contributed by atoms with Crippen LogP contribution in [0.25, 0.3) is 22.2 Å². The van der Waals surface area contributed by atoms with Gasteiger partial charge in [0.1, 0.15) is 5.52 Å². The molecule has 0 amide bonds. The molecule has 1 aromatic carbocycles. The van der Waals surface area contributed by atoms with E-state index in [1.807, 2.05) is 18.5 Å². The fourth-order valence-electron chi connectivity index (χ4n) is 3.93. The minimum absolute atomic E-state index is 0.526. The summed E-state index contributed by atoms with van der Waals surface area (Å²) in [5.41, 5.74) is 4.34. The van der Waals surface area contributed by atoms with Crippen LogP contribution in [0.4, 0.5) is 0 Å². The van der Waals surface area contributed by atoms with E-state index < -0.39 is 0 Å². The SMILES string of the molecule is COc1nc2c(-c3ccccc3)cncc2n1C(C1CC1)C1CC1. The maximum absolute atomic E-state index is 5.68. The zero-order valence-corrected chi connectivity index (χ0v) is 13.9. The van der Waals surface area contributed by atoms with Gasteiger partial charge < -0.3 is 4.74 Å². The maximum Gasteiger partial charge on any atom is 0.297 e. The van der Waals surface area contributed by atoms with Crippen molar-refractivity contribution in [1.82, 2.24) is 14.5 Å². The number of nitrogens with zero attached hydrogens (tertiary/aromatic N) is 3. The molecule has 5 rings (SSSR count). The first-order valence-electron chi connectivity index (χ1n) is 8.82. The molecule has 122 valence electrons. The second kappa shape index (κ2) is 5.33. The van der Waals surface area contributed by atoms with Crippen molar-refractivity contribution in [3.8, 4) is 17.1 Å². The largest absolute Gasteiger partial charge is 0.468 e. The maximum atomic E-state index is 5.68. The number of hydrogen-bond donors (Lipinski definition) is 0. The molecule has 2 heterocycles. The average molecular weight is 319 g/mol. The fraction of sp³-hybridized carbons (Fsp3) is 0.400. The monoisotopic (exact) mass is 319 g/mol. The zero-order chi connectivity index (χ0) is 16.1. The topological polar surface area (TPSA) is 39.9 Å². The highest BCUT2D eigenvalue weighted by Gasteiger charge is 2.44. The first-order valence-corrected chi connectivity index (χ1v) is 8.82. The summed E-state index contributed by atoms with van der Waals surface area (Å²) in [6.07, 6.45) is 9.18. The van der Waals surface area contributed by atoms with Crippen LogP contribution in [0.2, 0.25) is 0 Å². The average Bonchev–Trinajstić information content (AvgIpc) is 3.54. The molecule has 0 N–H and O–H groups in total. The molecule has 0 bridgehead atoms. The quantitative estimate of drug-likeness (QED) is 0.696. The van der Waals surface area contributed by atoms with Gasteiger partial charge in [0.15, 0.2) is 0 Å². The number of hydrogen-bond acceptors (Lipinski definition) is 3. The number of rotatable bonds is 5. The van der Waals surface area contributed by atoms with E-state index in [0.717, 1.165) is 40.0 Å². The van der Waals surface area contributed by atoms with Crippen molar-refractivity contribution in [2.75, 3.05) is 7.11 Å². The van der Waals surface area contributed by atoms with Crippen LogP contribution in [0, 0.1) is 11.8 Å². The molecule has 4 nitrogen and oxygen atoms in total. The smallest absolute Gasteiger partial charge is 0.297 e. The van der Waals surface area contributed by atoms with E-state index in [0.29, 0.717) is 6.04 Å². The summed E-state index contributed by atoms with van der Waals surface area (Å²) in [6.45, 7) is 0. The molecule has 2 aromatic heterocycles. The summed E-state index contributed by atoms with van der Waals surface area (Å²) < 4.78 is 8.02. The van der Waals surface area contributed by atoms with Crippen LogP contribution in [-0.4, -0.2) is 21.6 Å². The predicted octanol–water partition coefficient (Wildman–Crippen LogP) is 4.47. The highest BCUT2D eigenvalue weighted by atomic mass is 16.5. The van der Waals surface area contributed by atoms with Gasteiger partial charge in [-0.3, -0.25) is 9.55 Å². The molecule has 0 spiro atoms. The van der Waals surface area contributed by atoms with Crippen LogP contribution in [0.15, 0.2) is 42.7 Å². The molecule has 0 unspecified atom stereocenters. The van der Waals surface area contributed by atoms with Gasteiger partial charge in [-0.1, -0.05) is 30.3 Å². The number of methoxy groups -OCH3 is 1. The third kappa shape index (κ3) is 2.20. The van der Waals surface area contributed by atoms with Gasteiger partial charge in [0.05, 0.1) is 18.8 Å². The van der Waals surface area contributed by atoms with Crippen molar-refractivity contribution in [3.63, 3.8) is 0 Å². The van der Waals surface area contributed by atoms with E-state index in [1.54, 1.807) is 7.11 Å². The number of pyridine rings is 1. The second-order valence-corrected chi connectivity index (χ2v) is 7.05. The van der Waals surface area contributed by atoms with E-state index in [1.165, 1.54) is 25.7 Å². The Kier molecular flexibility index (Phi) is 3.12. The Balaban J connectivity index is 1.73. The van der Waals surface area contributed by atoms with E-state index in [4.69, 9.17) is 9.72 Å². The molecule has 2 aliphatic rings. The number of ether oxygens (including phenoxy) is 1. The van der Waals surface area contributed by atoms with Gasteiger partial charge in [0.25, 0.3) is 6.01 Å². The van der Waals surface area contributed by atoms with E-state index in [-0.39, 0.29) is 0 Å². The van der Waals surface area contributed by atoms with Crippen LogP contribution in [0.1, 0.15) is 31.7 Å². The van der Waals surface area contributed by atoms with E-state index >= 15 is 0 Å². The minimum Gasteiger partial charge on any atom is -0.468 e. The first kappa shape index (κ1) is 14.0. The zero-order valence-electron chi connectivity index (χ0n) is 13.9. The van der Waals surface area contributed by atoms with Gasteiger partial charge in [0.2, 0.25) is 0 Å². The molecule has 2 fully saturated rings. The molecular weight excluding hydrogens is 298 g/mol. The van der Waals surface area contributed by atoms with Gasteiger partial charge in [-0.25, -0.2) is 0 Å². The summed E-state index contributed by atoms with van der Waals surface area (Å²) in [5, 5.41) is 0. The molecule has 4 heteroatoms. The number of imidazole rings is 1. The molecule has 0 radical (unpaired) electrons. The number of fused-ring (bicyclic) bond motifs is 1. The Morgan fingerprint density at radius 1 is 1.04 bits per heavy atom. The molecular formula is C20H21N3O. The second-order valence-electron chi connectivity index (χ2n) is 7.05. The Morgan fingerprint density at radius 2 is 1.75 bits per heavy atom. The van der Waals surface area contributed by atoms with E-state index in [9.17, 15) is 0 Å². The number of aromatic nitrogens is 3. The van der Waals surface area contributed by atoms with Crippen molar-refractivity contribution in [3.05, 3.63) is 42.7 Å². The molecule has 0 saturated heterocycles. The third-order valence-electron chi connectivity index (χ3n) is 5.35. The van der Waals surface area contributed by atoms with Crippen LogP contribution >= 0.6 is 0 Å². The van der Waals surface area contributed by atoms with Crippen LogP contribution < -0.4 is 4.74 Å². The minimum atomic E-state index is 0.526. The summed E-state index contributed by atoms with van der Waals surface area (Å²) >= 11 is 0. The van der Waals surface area contributed by atoms with Crippen LogP contribution in [-0.2, 0) is 0 Å². The van der Waals surface area contributed by atoms with Crippen molar-refractivity contribution >= 4 is 11.0 Å². The fourth-order valence-corrected chi connectivity index (χ4v) is 3.93. The first-order chi connectivity index (χ1) is 11.9. The lowest BCUT2D eigenvalue weighted by molar-refractivity contribution is 0.310. The van der Waals surface area contributed by atoms with Gasteiger partial charge in [0, 0.05) is 17.8 Å². The van der Waals surface area contributed by atoms with Gasteiger partial charge >= 0.3 is 0 Å². The van der Waals surface area contributed by atoms with Crippen molar-refractivity contribution in [1.29, 1.82) is 0 Å². The molecule has 3 aromatic rings. The predicted molar refractivity (Wildman–Crippen MR) is 94.0 cm³/mol. The van der Waals surface area contributed by atoms with Crippen LogP contribution in [0.5, 0.6) is 6.01 Å². The van der Waals surface area contributed by atoms with Crippen molar-refractivity contribution < 1.29 is 4.74 Å². The highest BCUT2D eigenvalue weighted by molar-refractivity contribution is 5.92. The lowest BCUT2D eigenvalue weighted by atomic mass is 10.1. The molecule has 0 atom stereocenters. The standard InChI is InChI=1S/C20H21N3O/c1-24-20-22-18-16(13-5-3-2-4-6-13)11-21-12-17(18)23(20)19(14-7-8-14)15-9-10-15/h2-6,11-12,14-15,19H,7-10H2,1H3. The molecule has 24 heavy (non-hydrogen) atoms. The van der Waals surface area contributed by atoms with Crippen molar-refractivity contribution in [2.24, 2.45) is 11.8 Å². The number of benzene rings is 1. The van der Waals surface area contributed by atoms with Gasteiger partial charge in [-0.05, 0) is 43.1 Å². The lowest BCUT2D eigenvalue weighted by Crippen LogP contribution is -2.14. The Labute approximate surface area is 141 Å². The van der Waals surface area contributed by atoms with Gasteiger partial charge in [-0.15, -0.1) is 0 Å². The summed E-state index contributed by atoms with van der Waals surface area (Å²) in [4.78, 5) is 9.37. The summed E-state index contributed by atoms with van der Waals surface area (Å²) in [7, 11) is 1.73. The molecule has 0 aliphatic heterocycles. The Hall–Kier alpha value is -2.36. The Bertz CT molecular complexity index is 867. The Morgan fingerprint density at radius 3 is 2.38 bits per heavy atom. The summed E-state index contributed by atoms with van der Waals surface area (Å²) in [6, 6.07) is 11.6. The van der Waals surface area contributed by atoms with E-state index in [2.05, 4.69) is 33.8 Å². The van der Waals surface area contributed by atoms with Crippen molar-refractivity contribution in [2.45, 2.75) is 31.7 Å². The lowest BCUT2D eigenvalue weighted by Gasteiger charge is -2.20. The molecule has 2 aliphatic carbocycles. The highest BCUT2D eigenvalue weighted by Crippen LogP contribution is 2.54. The molecule has 2 saturated carbocycles.